The quantitative estimate of drug-likeness (QED) is 0.551. The molecule has 6 nitrogen and oxygen atoms in total. The van der Waals surface area contributed by atoms with Gasteiger partial charge in [0.15, 0.2) is 17.6 Å². The fourth-order valence-corrected chi connectivity index (χ4v) is 1.70. The van der Waals surface area contributed by atoms with Crippen molar-refractivity contribution in [2.45, 2.75) is 26.6 Å². The molecule has 0 aliphatic rings. The van der Waals surface area contributed by atoms with Crippen molar-refractivity contribution in [3.05, 3.63) is 36.4 Å². The molecule has 0 fully saturated rings. The van der Waals surface area contributed by atoms with E-state index in [4.69, 9.17) is 9.47 Å². The predicted octanol–water partition coefficient (Wildman–Crippen LogP) is 2.53. The number of hydrogen-bond donors (Lipinski definition) is 1. The minimum atomic E-state index is -3.02. The van der Waals surface area contributed by atoms with Gasteiger partial charge in [0.1, 0.15) is 0 Å². The minimum Gasteiger partial charge on any atom is -0.490 e. The van der Waals surface area contributed by atoms with Crippen molar-refractivity contribution in [3.63, 3.8) is 0 Å². The second-order valence-electron chi connectivity index (χ2n) is 4.55. The summed E-state index contributed by atoms with van der Waals surface area (Å²) in [5, 5.41) is 2.49. The molecule has 1 rings (SSSR count). The molecule has 1 amide bonds. The summed E-state index contributed by atoms with van der Waals surface area (Å²) in [7, 11) is 0. The standard InChI is InChI=1S/C16H19F2NO5/c1-4-8-19-14(20)10(3)23-15(21)11-6-7-12(24-16(17)18)13(9-11)22-5-2/h4,6-7,9-10,16H,1,5,8H2,2-3H3,(H,19,20)/t10-/m1/s1. The number of benzene rings is 1. The molecule has 0 aliphatic carbocycles. The Morgan fingerprint density at radius 1 is 1.33 bits per heavy atom. The summed E-state index contributed by atoms with van der Waals surface area (Å²) in [5.74, 6) is -1.48. The van der Waals surface area contributed by atoms with E-state index >= 15 is 0 Å². The Morgan fingerprint density at radius 2 is 2.04 bits per heavy atom. The Kier molecular flexibility index (Phi) is 7.67. The van der Waals surface area contributed by atoms with Crippen LogP contribution in [0.25, 0.3) is 0 Å². The number of carbonyl (C=O) groups is 2. The smallest absolute Gasteiger partial charge is 0.387 e. The molecule has 0 saturated carbocycles. The van der Waals surface area contributed by atoms with Crippen LogP contribution >= 0.6 is 0 Å². The van der Waals surface area contributed by atoms with Gasteiger partial charge in [-0.05, 0) is 32.0 Å². The topological polar surface area (TPSA) is 73.9 Å². The molecule has 0 radical (unpaired) electrons. The summed E-state index contributed by atoms with van der Waals surface area (Å²) in [6.07, 6.45) is 0.465. The Balaban J connectivity index is 2.84. The zero-order valence-corrected chi connectivity index (χ0v) is 13.4. The molecule has 1 aromatic rings. The third-order valence-corrected chi connectivity index (χ3v) is 2.77. The molecule has 0 heterocycles. The molecule has 1 atom stereocenters. The maximum atomic E-state index is 12.3. The first-order valence-electron chi connectivity index (χ1n) is 7.20. The predicted molar refractivity (Wildman–Crippen MR) is 82.3 cm³/mol. The zero-order chi connectivity index (χ0) is 18.1. The Labute approximate surface area is 138 Å². The highest BCUT2D eigenvalue weighted by Crippen LogP contribution is 2.30. The number of hydrogen-bond acceptors (Lipinski definition) is 5. The molecule has 0 unspecified atom stereocenters. The maximum Gasteiger partial charge on any atom is 0.387 e. The molecule has 0 bridgehead atoms. The first-order valence-corrected chi connectivity index (χ1v) is 7.20. The van der Waals surface area contributed by atoms with Crippen LogP contribution in [0.1, 0.15) is 24.2 Å². The summed E-state index contributed by atoms with van der Waals surface area (Å²) in [5.41, 5.74) is 0.0448. The molecule has 0 spiro atoms. The normalized spacial score (nSPS) is 11.5. The van der Waals surface area contributed by atoms with Crippen molar-refractivity contribution in [3.8, 4) is 11.5 Å². The lowest BCUT2D eigenvalue weighted by Gasteiger charge is -2.15. The van der Waals surface area contributed by atoms with Crippen molar-refractivity contribution in [1.29, 1.82) is 0 Å². The van der Waals surface area contributed by atoms with Gasteiger partial charge in [0, 0.05) is 6.54 Å². The van der Waals surface area contributed by atoms with Crippen LogP contribution in [0.2, 0.25) is 0 Å². The second-order valence-corrected chi connectivity index (χ2v) is 4.55. The maximum absolute atomic E-state index is 12.3. The molecule has 24 heavy (non-hydrogen) atoms. The Hall–Kier alpha value is -2.64. The average molecular weight is 343 g/mol. The fraction of sp³-hybridized carbons (Fsp3) is 0.375. The van der Waals surface area contributed by atoms with Crippen LogP contribution in [-0.2, 0) is 9.53 Å². The number of carbonyl (C=O) groups excluding carboxylic acids is 2. The number of amides is 1. The van der Waals surface area contributed by atoms with Crippen molar-refractivity contribution in [2.75, 3.05) is 13.2 Å². The molecule has 0 aromatic heterocycles. The minimum absolute atomic E-state index is 0.0176. The van der Waals surface area contributed by atoms with E-state index in [1.165, 1.54) is 31.2 Å². The first kappa shape index (κ1) is 19.4. The number of halogens is 2. The van der Waals surface area contributed by atoms with E-state index in [9.17, 15) is 18.4 Å². The van der Waals surface area contributed by atoms with Gasteiger partial charge in [0.25, 0.3) is 5.91 Å². The van der Waals surface area contributed by atoms with Gasteiger partial charge in [-0.15, -0.1) is 6.58 Å². The highest BCUT2D eigenvalue weighted by atomic mass is 19.3. The number of rotatable bonds is 9. The van der Waals surface area contributed by atoms with Crippen LogP contribution in [0.5, 0.6) is 11.5 Å². The van der Waals surface area contributed by atoms with Gasteiger partial charge in [-0.2, -0.15) is 8.78 Å². The number of nitrogens with one attached hydrogen (secondary N) is 1. The SMILES string of the molecule is C=CCNC(=O)[C@@H](C)OC(=O)c1ccc(OC(F)F)c(OCC)c1. The average Bonchev–Trinajstić information content (AvgIpc) is 2.53. The van der Waals surface area contributed by atoms with Crippen LogP contribution in [0.4, 0.5) is 8.78 Å². The highest BCUT2D eigenvalue weighted by Gasteiger charge is 2.20. The largest absolute Gasteiger partial charge is 0.490 e. The molecule has 1 aromatic carbocycles. The van der Waals surface area contributed by atoms with Gasteiger partial charge in [0.05, 0.1) is 12.2 Å². The zero-order valence-electron chi connectivity index (χ0n) is 13.4. The van der Waals surface area contributed by atoms with E-state index in [0.29, 0.717) is 0 Å². The van der Waals surface area contributed by atoms with Gasteiger partial charge < -0.3 is 19.5 Å². The Bertz CT molecular complexity index is 592. The summed E-state index contributed by atoms with van der Waals surface area (Å²) in [6, 6.07) is 3.64. The number of esters is 1. The van der Waals surface area contributed by atoms with Crippen LogP contribution in [0, 0.1) is 0 Å². The number of ether oxygens (including phenoxy) is 3. The van der Waals surface area contributed by atoms with Gasteiger partial charge in [-0.25, -0.2) is 4.79 Å². The van der Waals surface area contributed by atoms with Gasteiger partial charge in [-0.3, -0.25) is 4.79 Å². The molecule has 0 saturated heterocycles. The van der Waals surface area contributed by atoms with Crippen molar-refractivity contribution in [2.24, 2.45) is 0 Å². The van der Waals surface area contributed by atoms with E-state index in [1.54, 1.807) is 6.92 Å². The lowest BCUT2D eigenvalue weighted by atomic mass is 10.2. The second kappa shape index (κ2) is 9.49. The summed E-state index contributed by atoms with van der Waals surface area (Å²) in [4.78, 5) is 23.7. The van der Waals surface area contributed by atoms with Crippen LogP contribution in [-0.4, -0.2) is 37.7 Å². The number of alkyl halides is 2. The molecular weight excluding hydrogens is 324 g/mol. The van der Waals surface area contributed by atoms with E-state index in [0.717, 1.165) is 0 Å². The third kappa shape index (κ3) is 5.86. The van der Waals surface area contributed by atoms with E-state index < -0.39 is 24.6 Å². The van der Waals surface area contributed by atoms with Crippen LogP contribution < -0.4 is 14.8 Å². The lowest BCUT2D eigenvalue weighted by Crippen LogP contribution is -2.35. The van der Waals surface area contributed by atoms with E-state index in [1.807, 2.05) is 0 Å². The lowest BCUT2D eigenvalue weighted by molar-refractivity contribution is -0.128. The fourth-order valence-electron chi connectivity index (χ4n) is 1.70. The monoisotopic (exact) mass is 343 g/mol. The van der Waals surface area contributed by atoms with Crippen LogP contribution in [0.3, 0.4) is 0 Å². The van der Waals surface area contributed by atoms with Gasteiger partial charge in [0.2, 0.25) is 0 Å². The summed E-state index contributed by atoms with van der Waals surface area (Å²) >= 11 is 0. The Morgan fingerprint density at radius 3 is 2.62 bits per heavy atom. The molecular formula is C16H19F2NO5. The van der Waals surface area contributed by atoms with Crippen molar-refractivity contribution >= 4 is 11.9 Å². The highest BCUT2D eigenvalue weighted by molar-refractivity contribution is 5.92. The molecule has 0 aliphatic heterocycles. The van der Waals surface area contributed by atoms with Gasteiger partial charge in [-0.1, -0.05) is 6.08 Å². The van der Waals surface area contributed by atoms with Crippen molar-refractivity contribution in [1.82, 2.24) is 5.32 Å². The van der Waals surface area contributed by atoms with E-state index in [-0.39, 0.29) is 30.2 Å². The van der Waals surface area contributed by atoms with E-state index in [2.05, 4.69) is 16.6 Å². The summed E-state index contributed by atoms with van der Waals surface area (Å²) in [6.45, 7) is 3.94. The third-order valence-electron chi connectivity index (χ3n) is 2.77. The first-order chi connectivity index (χ1) is 11.4. The van der Waals surface area contributed by atoms with Gasteiger partial charge >= 0.3 is 12.6 Å². The molecule has 1 N–H and O–H groups in total. The molecule has 8 heteroatoms. The van der Waals surface area contributed by atoms with Crippen molar-refractivity contribution < 1.29 is 32.6 Å². The molecule has 132 valence electrons. The summed E-state index contributed by atoms with van der Waals surface area (Å²) < 4.78 is 39.2. The van der Waals surface area contributed by atoms with Crippen LogP contribution in [0.15, 0.2) is 30.9 Å².